The van der Waals surface area contributed by atoms with Gasteiger partial charge in [-0.2, -0.15) is 0 Å². The van der Waals surface area contributed by atoms with Gasteiger partial charge in [-0.3, -0.25) is 0 Å². The van der Waals surface area contributed by atoms with Gasteiger partial charge in [0.25, 0.3) is 0 Å². The number of carboxylic acids is 1. The predicted molar refractivity (Wildman–Crippen MR) is 70.3 cm³/mol. The lowest BCUT2D eigenvalue weighted by Gasteiger charge is -2.26. The molecule has 0 aliphatic carbocycles. The molecule has 0 amide bonds. The molecule has 0 aliphatic heterocycles. The maximum atomic E-state index is 11.8. The van der Waals surface area contributed by atoms with Crippen LogP contribution in [0.1, 0.15) is 30.6 Å². The number of esters is 1. The lowest BCUT2D eigenvalue weighted by atomic mass is 10.1. The molecule has 6 heteroatoms. The standard InChI is InChI=1S/C13H18N2O4/c1-4-10(12(16)17)15(3)11-9(7-6-8-14-11)13(18)19-5-2/h6-8,10H,4-5H2,1-3H3,(H,16,17). The van der Waals surface area contributed by atoms with Gasteiger partial charge in [0.15, 0.2) is 0 Å². The molecule has 0 saturated heterocycles. The number of ether oxygens (including phenoxy) is 1. The Morgan fingerprint density at radius 3 is 2.68 bits per heavy atom. The zero-order chi connectivity index (χ0) is 14.4. The molecule has 1 atom stereocenters. The Morgan fingerprint density at radius 2 is 2.16 bits per heavy atom. The van der Waals surface area contributed by atoms with E-state index in [0.717, 1.165) is 0 Å². The van der Waals surface area contributed by atoms with Crippen molar-refractivity contribution < 1.29 is 19.4 Å². The number of carbonyl (C=O) groups is 2. The Balaban J connectivity index is 3.12. The van der Waals surface area contributed by atoms with Gasteiger partial charge < -0.3 is 14.7 Å². The van der Waals surface area contributed by atoms with Crippen LogP contribution in [0.2, 0.25) is 0 Å². The molecule has 1 rings (SSSR count). The highest BCUT2D eigenvalue weighted by Gasteiger charge is 2.25. The summed E-state index contributed by atoms with van der Waals surface area (Å²) in [4.78, 5) is 28.6. The Kier molecular flexibility index (Phi) is 5.29. The first-order valence-electron chi connectivity index (χ1n) is 6.10. The van der Waals surface area contributed by atoms with Crippen molar-refractivity contribution in [3.63, 3.8) is 0 Å². The molecule has 0 saturated carbocycles. The highest BCUT2D eigenvalue weighted by atomic mass is 16.5. The predicted octanol–water partition coefficient (Wildman–Crippen LogP) is 1.56. The van der Waals surface area contributed by atoms with Crippen LogP contribution < -0.4 is 4.90 Å². The van der Waals surface area contributed by atoms with Crippen LogP contribution >= 0.6 is 0 Å². The minimum atomic E-state index is -0.953. The van der Waals surface area contributed by atoms with E-state index in [1.54, 1.807) is 33.0 Å². The fourth-order valence-corrected chi connectivity index (χ4v) is 1.81. The minimum absolute atomic E-state index is 0.257. The van der Waals surface area contributed by atoms with E-state index in [0.29, 0.717) is 12.2 Å². The number of anilines is 1. The van der Waals surface area contributed by atoms with E-state index < -0.39 is 18.0 Å². The molecule has 1 aromatic rings. The Hall–Kier alpha value is -2.11. The van der Waals surface area contributed by atoms with Gasteiger partial charge in [0.05, 0.1) is 6.61 Å². The molecule has 0 radical (unpaired) electrons. The summed E-state index contributed by atoms with van der Waals surface area (Å²) < 4.78 is 4.94. The second-order valence-corrected chi connectivity index (χ2v) is 3.97. The van der Waals surface area contributed by atoms with Crippen LogP contribution in [0.5, 0.6) is 0 Å². The van der Waals surface area contributed by atoms with Crippen molar-refractivity contribution in [3.05, 3.63) is 23.9 Å². The number of hydrogen-bond acceptors (Lipinski definition) is 5. The first-order valence-corrected chi connectivity index (χ1v) is 6.10. The first-order chi connectivity index (χ1) is 9.02. The van der Waals surface area contributed by atoms with Crippen LogP contribution in [0.4, 0.5) is 5.82 Å². The highest BCUT2D eigenvalue weighted by Crippen LogP contribution is 2.20. The molecule has 1 heterocycles. The molecule has 0 spiro atoms. The molecule has 0 aromatic carbocycles. The van der Waals surface area contributed by atoms with Crippen molar-refractivity contribution in [1.82, 2.24) is 4.98 Å². The zero-order valence-electron chi connectivity index (χ0n) is 11.3. The van der Waals surface area contributed by atoms with E-state index in [4.69, 9.17) is 9.84 Å². The van der Waals surface area contributed by atoms with E-state index in [1.807, 2.05) is 0 Å². The largest absolute Gasteiger partial charge is 0.480 e. The summed E-state index contributed by atoms with van der Waals surface area (Å²) in [5.41, 5.74) is 0.270. The molecule has 0 bridgehead atoms. The molecule has 1 N–H and O–H groups in total. The van der Waals surface area contributed by atoms with Crippen LogP contribution in [-0.4, -0.2) is 41.7 Å². The number of carbonyl (C=O) groups excluding carboxylic acids is 1. The summed E-state index contributed by atoms with van der Waals surface area (Å²) in [6.07, 6.45) is 1.92. The fourth-order valence-electron chi connectivity index (χ4n) is 1.81. The van der Waals surface area contributed by atoms with Crippen LogP contribution in [0.3, 0.4) is 0 Å². The highest BCUT2D eigenvalue weighted by molar-refractivity contribution is 5.95. The van der Waals surface area contributed by atoms with Gasteiger partial charge in [-0.05, 0) is 25.5 Å². The van der Waals surface area contributed by atoms with E-state index in [2.05, 4.69) is 4.98 Å². The topological polar surface area (TPSA) is 79.7 Å². The number of likely N-dealkylation sites (N-methyl/N-ethyl adjacent to an activating group) is 1. The summed E-state index contributed by atoms with van der Waals surface area (Å²) in [6.45, 7) is 3.74. The number of hydrogen-bond donors (Lipinski definition) is 1. The van der Waals surface area contributed by atoms with Crippen LogP contribution in [0, 0.1) is 0 Å². The second-order valence-electron chi connectivity index (χ2n) is 3.97. The van der Waals surface area contributed by atoms with Crippen LogP contribution in [0.25, 0.3) is 0 Å². The van der Waals surface area contributed by atoms with Crippen molar-refractivity contribution in [2.75, 3.05) is 18.6 Å². The van der Waals surface area contributed by atoms with Gasteiger partial charge >= 0.3 is 11.9 Å². The van der Waals surface area contributed by atoms with Crippen LogP contribution in [-0.2, 0) is 9.53 Å². The number of aliphatic carboxylic acids is 1. The fraction of sp³-hybridized carbons (Fsp3) is 0.462. The first kappa shape index (κ1) is 14.9. The Bertz CT molecular complexity index is 462. The lowest BCUT2D eigenvalue weighted by molar-refractivity contribution is -0.138. The molecule has 0 fully saturated rings. The average Bonchev–Trinajstić information content (AvgIpc) is 2.39. The van der Waals surface area contributed by atoms with Gasteiger partial charge in [-0.25, -0.2) is 14.6 Å². The lowest BCUT2D eigenvalue weighted by Crippen LogP contribution is -2.39. The second kappa shape index (κ2) is 6.72. The Labute approximate surface area is 112 Å². The molecule has 19 heavy (non-hydrogen) atoms. The molecule has 104 valence electrons. The molecular weight excluding hydrogens is 248 g/mol. The number of rotatable bonds is 6. The summed E-state index contributed by atoms with van der Waals surface area (Å²) in [5, 5.41) is 9.15. The number of pyridine rings is 1. The van der Waals surface area contributed by atoms with Crippen molar-refractivity contribution in [1.29, 1.82) is 0 Å². The van der Waals surface area contributed by atoms with Gasteiger partial charge in [-0.1, -0.05) is 6.92 Å². The number of aromatic nitrogens is 1. The normalized spacial score (nSPS) is 11.7. The maximum absolute atomic E-state index is 11.8. The van der Waals surface area contributed by atoms with Gasteiger partial charge in [-0.15, -0.1) is 0 Å². The van der Waals surface area contributed by atoms with Gasteiger partial charge in [0, 0.05) is 13.2 Å². The van der Waals surface area contributed by atoms with E-state index in [9.17, 15) is 9.59 Å². The molecule has 1 aromatic heterocycles. The third kappa shape index (κ3) is 3.43. The van der Waals surface area contributed by atoms with Gasteiger partial charge in [0.1, 0.15) is 17.4 Å². The number of nitrogens with zero attached hydrogens (tertiary/aromatic N) is 2. The molecule has 6 nitrogen and oxygen atoms in total. The third-order valence-electron chi connectivity index (χ3n) is 2.76. The SMILES string of the molecule is CCOC(=O)c1cccnc1N(C)C(CC)C(=O)O. The van der Waals surface area contributed by atoms with E-state index in [1.165, 1.54) is 11.1 Å². The van der Waals surface area contributed by atoms with Crippen molar-refractivity contribution in [3.8, 4) is 0 Å². The van der Waals surface area contributed by atoms with Crippen molar-refractivity contribution in [2.45, 2.75) is 26.3 Å². The summed E-state index contributed by atoms with van der Waals surface area (Å²) in [6, 6.07) is 2.46. The molecule has 1 unspecified atom stereocenters. The summed E-state index contributed by atoms with van der Waals surface area (Å²) >= 11 is 0. The summed E-state index contributed by atoms with van der Waals surface area (Å²) in [5.74, 6) is -1.14. The molecule has 0 aliphatic rings. The van der Waals surface area contributed by atoms with Crippen LogP contribution in [0.15, 0.2) is 18.3 Å². The van der Waals surface area contributed by atoms with E-state index in [-0.39, 0.29) is 12.2 Å². The maximum Gasteiger partial charge on any atom is 0.341 e. The Morgan fingerprint density at radius 1 is 1.47 bits per heavy atom. The average molecular weight is 266 g/mol. The smallest absolute Gasteiger partial charge is 0.341 e. The van der Waals surface area contributed by atoms with Crippen molar-refractivity contribution >= 4 is 17.8 Å². The van der Waals surface area contributed by atoms with Crippen molar-refractivity contribution in [2.24, 2.45) is 0 Å². The third-order valence-corrected chi connectivity index (χ3v) is 2.76. The molecular formula is C13H18N2O4. The quantitative estimate of drug-likeness (QED) is 0.787. The van der Waals surface area contributed by atoms with E-state index >= 15 is 0 Å². The zero-order valence-corrected chi connectivity index (χ0v) is 11.3. The van der Waals surface area contributed by atoms with Gasteiger partial charge in [0.2, 0.25) is 0 Å². The minimum Gasteiger partial charge on any atom is -0.480 e. The summed E-state index contributed by atoms with van der Waals surface area (Å²) in [7, 11) is 1.60. The monoisotopic (exact) mass is 266 g/mol. The number of carboxylic acid groups (broad SMARTS) is 1.